The van der Waals surface area contributed by atoms with Gasteiger partial charge in [-0.2, -0.15) is 0 Å². The molecule has 0 aliphatic rings. The summed E-state index contributed by atoms with van der Waals surface area (Å²) < 4.78 is 38.4. The highest BCUT2D eigenvalue weighted by atomic mass is 32.2. The van der Waals surface area contributed by atoms with Crippen molar-refractivity contribution in [3.63, 3.8) is 0 Å². The van der Waals surface area contributed by atoms with Crippen LogP contribution in [-0.4, -0.2) is 44.6 Å². The first kappa shape index (κ1) is 19.7. The van der Waals surface area contributed by atoms with E-state index in [2.05, 4.69) is 5.32 Å². The van der Waals surface area contributed by atoms with E-state index in [1.54, 1.807) is 30.3 Å². The van der Waals surface area contributed by atoms with Crippen molar-refractivity contribution in [1.29, 1.82) is 0 Å². The van der Waals surface area contributed by atoms with Gasteiger partial charge in [-0.05, 0) is 23.3 Å². The van der Waals surface area contributed by atoms with E-state index < -0.39 is 33.1 Å². The Labute approximate surface area is 150 Å². The molecule has 0 heterocycles. The van der Waals surface area contributed by atoms with E-state index in [1.807, 2.05) is 0 Å². The van der Waals surface area contributed by atoms with Gasteiger partial charge < -0.3 is 10.4 Å². The first-order valence-corrected chi connectivity index (χ1v) is 9.59. The summed E-state index contributed by atoms with van der Waals surface area (Å²) in [6.07, 6.45) is 0.683. The van der Waals surface area contributed by atoms with Crippen LogP contribution in [0.15, 0.2) is 42.5 Å². The maximum absolute atomic E-state index is 14.3. The van der Waals surface area contributed by atoms with E-state index in [4.69, 9.17) is 5.11 Å². The summed E-state index contributed by atoms with van der Waals surface area (Å²) in [5.41, 5.74) is 1.54. The fourth-order valence-electron chi connectivity index (χ4n) is 2.37. The predicted octanol–water partition coefficient (Wildman–Crippen LogP) is 1.33. The number of halogens is 1. The number of carbonyl (C=O) groups excluding carboxylic acids is 2. The Balaban J connectivity index is 2.16. The molecule has 0 bridgehead atoms. The van der Waals surface area contributed by atoms with Gasteiger partial charge in [-0.3, -0.25) is 9.59 Å². The lowest BCUT2D eigenvalue weighted by Crippen LogP contribution is -2.32. The predicted molar refractivity (Wildman–Crippen MR) is 94.8 cm³/mol. The monoisotopic (exact) mass is 379 g/mol. The molecule has 0 spiro atoms. The number of aliphatic hydroxyl groups excluding tert-OH is 1. The van der Waals surface area contributed by atoms with Crippen LogP contribution in [0.3, 0.4) is 0 Å². The second-order valence-electron chi connectivity index (χ2n) is 5.66. The second-order valence-corrected chi connectivity index (χ2v) is 7.72. The molecule has 26 heavy (non-hydrogen) atoms. The third-order valence-electron chi connectivity index (χ3n) is 3.57. The van der Waals surface area contributed by atoms with Crippen molar-refractivity contribution in [3.05, 3.63) is 59.4 Å². The molecule has 0 fully saturated rings. The largest absolute Gasteiger partial charge is 0.395 e. The Morgan fingerprint density at radius 3 is 2.54 bits per heavy atom. The standard InChI is InChI=1S/C18H18FNO5S/c19-17-9-15(14-3-1-2-13(8-14)10-22)4-5-16(17)11-26(24,25)12-18(23)20-6-7-21/h1-5,8-10,21H,6-7,11-12H2,(H,20,23). The molecule has 2 N–H and O–H groups in total. The molecule has 0 saturated heterocycles. The zero-order chi connectivity index (χ0) is 19.2. The number of hydrogen-bond acceptors (Lipinski definition) is 5. The molecule has 0 aromatic heterocycles. The highest BCUT2D eigenvalue weighted by molar-refractivity contribution is 7.91. The van der Waals surface area contributed by atoms with Gasteiger partial charge in [0.2, 0.25) is 5.91 Å². The summed E-state index contributed by atoms with van der Waals surface area (Å²) in [5, 5.41) is 10.8. The minimum Gasteiger partial charge on any atom is -0.395 e. The molecular formula is C18H18FNO5S. The molecule has 8 heteroatoms. The highest BCUT2D eigenvalue weighted by Crippen LogP contribution is 2.23. The molecule has 0 aliphatic carbocycles. The summed E-state index contributed by atoms with van der Waals surface area (Å²) in [6, 6.07) is 10.7. The van der Waals surface area contributed by atoms with Crippen LogP contribution in [0.1, 0.15) is 15.9 Å². The number of hydrogen-bond donors (Lipinski definition) is 2. The third-order valence-corrected chi connectivity index (χ3v) is 5.02. The minimum absolute atomic E-state index is 0.0444. The molecule has 0 saturated carbocycles. The Bertz CT molecular complexity index is 912. The first-order chi connectivity index (χ1) is 12.3. The Kier molecular flexibility index (Phi) is 6.59. The van der Waals surface area contributed by atoms with Gasteiger partial charge in [0.1, 0.15) is 17.9 Å². The van der Waals surface area contributed by atoms with Gasteiger partial charge in [0, 0.05) is 17.7 Å². The molecule has 0 radical (unpaired) electrons. The number of sulfone groups is 1. The van der Waals surface area contributed by atoms with Crippen LogP contribution < -0.4 is 5.32 Å². The first-order valence-electron chi connectivity index (χ1n) is 7.76. The van der Waals surface area contributed by atoms with Crippen LogP contribution in [0.2, 0.25) is 0 Å². The van der Waals surface area contributed by atoms with Gasteiger partial charge >= 0.3 is 0 Å². The number of benzene rings is 2. The van der Waals surface area contributed by atoms with Crippen LogP contribution in [0.25, 0.3) is 11.1 Å². The van der Waals surface area contributed by atoms with Crippen molar-refractivity contribution in [2.45, 2.75) is 5.75 Å². The molecule has 0 atom stereocenters. The number of aliphatic hydroxyl groups is 1. The molecule has 0 unspecified atom stereocenters. The molecule has 0 aliphatic heterocycles. The van der Waals surface area contributed by atoms with Gasteiger partial charge in [-0.25, -0.2) is 12.8 Å². The summed E-state index contributed by atoms with van der Waals surface area (Å²) in [5.74, 6) is -2.85. The molecule has 1 amide bonds. The molecule has 6 nitrogen and oxygen atoms in total. The van der Waals surface area contributed by atoms with E-state index in [0.29, 0.717) is 23.0 Å². The lowest BCUT2D eigenvalue weighted by Gasteiger charge is -2.08. The maximum Gasteiger partial charge on any atom is 0.235 e. The summed E-state index contributed by atoms with van der Waals surface area (Å²) in [7, 11) is -3.85. The van der Waals surface area contributed by atoms with E-state index in [9.17, 15) is 22.4 Å². The van der Waals surface area contributed by atoms with Crippen LogP contribution in [0.5, 0.6) is 0 Å². The minimum atomic E-state index is -3.85. The molecule has 138 valence electrons. The van der Waals surface area contributed by atoms with Crippen molar-refractivity contribution >= 4 is 22.0 Å². The normalized spacial score (nSPS) is 11.2. The van der Waals surface area contributed by atoms with Gasteiger partial charge in [0.15, 0.2) is 9.84 Å². The fourth-order valence-corrected chi connectivity index (χ4v) is 3.68. The summed E-state index contributed by atoms with van der Waals surface area (Å²) >= 11 is 0. The molecular weight excluding hydrogens is 361 g/mol. The van der Waals surface area contributed by atoms with Crippen LogP contribution in [0, 0.1) is 5.82 Å². The number of nitrogens with one attached hydrogen (secondary N) is 1. The van der Waals surface area contributed by atoms with Gasteiger partial charge in [-0.15, -0.1) is 0 Å². The fraction of sp³-hybridized carbons (Fsp3) is 0.222. The number of amides is 1. The summed E-state index contributed by atoms with van der Waals surface area (Å²) in [4.78, 5) is 22.3. The zero-order valence-electron chi connectivity index (χ0n) is 13.8. The number of carbonyl (C=O) groups is 2. The van der Waals surface area contributed by atoms with Gasteiger partial charge in [0.05, 0.1) is 12.4 Å². The molecule has 2 aromatic carbocycles. The van der Waals surface area contributed by atoms with Crippen molar-refractivity contribution in [3.8, 4) is 11.1 Å². The second kappa shape index (κ2) is 8.68. The van der Waals surface area contributed by atoms with E-state index in [-0.39, 0.29) is 18.7 Å². The van der Waals surface area contributed by atoms with E-state index in [0.717, 1.165) is 0 Å². The quantitative estimate of drug-likeness (QED) is 0.674. The van der Waals surface area contributed by atoms with Crippen molar-refractivity contribution in [2.75, 3.05) is 18.9 Å². The van der Waals surface area contributed by atoms with E-state index >= 15 is 0 Å². The van der Waals surface area contributed by atoms with Crippen LogP contribution in [-0.2, 0) is 20.4 Å². The van der Waals surface area contributed by atoms with Crippen LogP contribution in [0.4, 0.5) is 4.39 Å². The Hall–Kier alpha value is -2.58. The summed E-state index contributed by atoms with van der Waals surface area (Å²) in [6.45, 7) is -0.343. The highest BCUT2D eigenvalue weighted by Gasteiger charge is 2.19. The maximum atomic E-state index is 14.3. The third kappa shape index (κ3) is 5.47. The zero-order valence-corrected chi connectivity index (χ0v) is 14.6. The Morgan fingerprint density at radius 2 is 1.88 bits per heavy atom. The average molecular weight is 379 g/mol. The van der Waals surface area contributed by atoms with Crippen molar-refractivity contribution in [1.82, 2.24) is 5.32 Å². The van der Waals surface area contributed by atoms with Crippen molar-refractivity contribution < 1.29 is 27.5 Å². The lowest BCUT2D eigenvalue weighted by molar-refractivity contribution is -0.118. The van der Waals surface area contributed by atoms with Gasteiger partial charge in [0.25, 0.3) is 0 Å². The molecule has 2 aromatic rings. The average Bonchev–Trinajstić information content (AvgIpc) is 2.61. The number of aldehydes is 1. The Morgan fingerprint density at radius 1 is 1.15 bits per heavy atom. The number of rotatable bonds is 8. The SMILES string of the molecule is O=Cc1cccc(-c2ccc(CS(=O)(=O)CC(=O)NCCO)c(F)c2)c1. The van der Waals surface area contributed by atoms with Gasteiger partial charge in [-0.1, -0.05) is 30.3 Å². The topological polar surface area (TPSA) is 101 Å². The van der Waals surface area contributed by atoms with Crippen molar-refractivity contribution in [2.24, 2.45) is 0 Å². The molecule has 2 rings (SSSR count). The van der Waals surface area contributed by atoms with Crippen LogP contribution >= 0.6 is 0 Å². The smallest absolute Gasteiger partial charge is 0.235 e. The van der Waals surface area contributed by atoms with E-state index in [1.165, 1.54) is 12.1 Å². The lowest BCUT2D eigenvalue weighted by atomic mass is 10.0.